The van der Waals surface area contributed by atoms with Gasteiger partial charge >= 0.3 is 0 Å². The molecule has 1 aliphatic rings. The van der Waals surface area contributed by atoms with E-state index in [2.05, 4.69) is 30.9 Å². The minimum absolute atomic E-state index is 0.266. The molecule has 1 atom stereocenters. The number of rotatable bonds is 5. The van der Waals surface area contributed by atoms with Gasteiger partial charge in [-0.25, -0.2) is 15.0 Å². The average molecular weight is 338 g/mol. The first kappa shape index (κ1) is 15.8. The normalized spacial score (nSPS) is 17.5. The lowest BCUT2D eigenvalue weighted by atomic mass is 10.0. The van der Waals surface area contributed by atoms with Gasteiger partial charge in [0.05, 0.1) is 11.1 Å². The maximum Gasteiger partial charge on any atom is 0.220 e. The van der Waals surface area contributed by atoms with Crippen molar-refractivity contribution in [2.45, 2.75) is 19.3 Å². The Kier molecular flexibility index (Phi) is 4.23. The minimum Gasteiger partial charge on any atom is -0.396 e. The Hall–Kier alpha value is -2.67. The molecule has 130 valence electrons. The Morgan fingerprint density at radius 2 is 2.16 bits per heavy atom. The topological polar surface area (TPSA) is 104 Å². The Morgan fingerprint density at radius 1 is 1.28 bits per heavy atom. The smallest absolute Gasteiger partial charge is 0.220 e. The maximum atomic E-state index is 9.06. The van der Waals surface area contributed by atoms with E-state index in [1.165, 1.54) is 5.69 Å². The molecule has 1 fully saturated rings. The van der Waals surface area contributed by atoms with Crippen molar-refractivity contribution in [2.24, 2.45) is 5.92 Å². The van der Waals surface area contributed by atoms with Crippen LogP contribution in [0.2, 0.25) is 0 Å². The zero-order valence-corrected chi connectivity index (χ0v) is 14.0. The van der Waals surface area contributed by atoms with Gasteiger partial charge in [-0.1, -0.05) is 0 Å². The van der Waals surface area contributed by atoms with E-state index in [-0.39, 0.29) is 12.6 Å². The highest BCUT2D eigenvalue weighted by atomic mass is 16.2. The number of nitrogen functional groups attached to an aromatic ring is 1. The SMILES string of the molecule is Nc1nccc(-c2c[nH]c3nccc(N4CC[C@H](CCCO)C4)c23)n1. The minimum atomic E-state index is 0.266. The van der Waals surface area contributed by atoms with Crippen LogP contribution in [0.1, 0.15) is 19.3 Å². The van der Waals surface area contributed by atoms with E-state index in [4.69, 9.17) is 10.8 Å². The summed E-state index contributed by atoms with van der Waals surface area (Å²) in [5.74, 6) is 0.898. The van der Waals surface area contributed by atoms with Crippen molar-refractivity contribution in [3.63, 3.8) is 0 Å². The Balaban J connectivity index is 1.72. The lowest BCUT2D eigenvalue weighted by molar-refractivity contribution is 0.274. The quantitative estimate of drug-likeness (QED) is 0.659. The van der Waals surface area contributed by atoms with Crippen LogP contribution in [0.3, 0.4) is 0 Å². The summed E-state index contributed by atoms with van der Waals surface area (Å²) < 4.78 is 0. The van der Waals surface area contributed by atoms with Gasteiger partial charge in [0.15, 0.2) is 0 Å². The van der Waals surface area contributed by atoms with Gasteiger partial charge in [-0.2, -0.15) is 0 Å². The molecule has 4 rings (SSSR count). The predicted octanol–water partition coefficient (Wildman–Crippen LogP) is 2.20. The summed E-state index contributed by atoms with van der Waals surface area (Å²) in [6.45, 7) is 2.30. The molecule has 4 heterocycles. The van der Waals surface area contributed by atoms with Crippen molar-refractivity contribution < 1.29 is 5.11 Å². The molecule has 0 unspecified atom stereocenters. The van der Waals surface area contributed by atoms with Crippen LogP contribution >= 0.6 is 0 Å². The highest BCUT2D eigenvalue weighted by molar-refractivity contribution is 6.02. The fraction of sp³-hybridized carbons (Fsp3) is 0.389. The van der Waals surface area contributed by atoms with Crippen molar-refractivity contribution >= 4 is 22.7 Å². The molecule has 3 aromatic rings. The van der Waals surface area contributed by atoms with Crippen molar-refractivity contribution in [2.75, 3.05) is 30.3 Å². The van der Waals surface area contributed by atoms with E-state index >= 15 is 0 Å². The molecule has 0 spiro atoms. The lowest BCUT2D eigenvalue weighted by Crippen LogP contribution is -2.20. The molecule has 4 N–H and O–H groups in total. The van der Waals surface area contributed by atoms with Gasteiger partial charge in [-0.05, 0) is 37.3 Å². The first-order valence-corrected chi connectivity index (χ1v) is 8.67. The predicted molar refractivity (Wildman–Crippen MR) is 98.2 cm³/mol. The number of fused-ring (bicyclic) bond motifs is 1. The number of nitrogens with two attached hydrogens (primary N) is 1. The zero-order valence-electron chi connectivity index (χ0n) is 14.0. The van der Waals surface area contributed by atoms with Crippen molar-refractivity contribution in [1.29, 1.82) is 0 Å². The van der Waals surface area contributed by atoms with Crippen LogP contribution in [0.25, 0.3) is 22.3 Å². The molecule has 0 radical (unpaired) electrons. The molecule has 0 amide bonds. The first-order valence-electron chi connectivity index (χ1n) is 8.67. The highest BCUT2D eigenvalue weighted by Gasteiger charge is 2.25. The third-order valence-corrected chi connectivity index (χ3v) is 4.90. The van der Waals surface area contributed by atoms with Crippen LogP contribution in [0.5, 0.6) is 0 Å². The standard InChI is InChI=1S/C18H22N6O/c19-18-21-6-3-14(23-18)13-10-22-17-16(13)15(4-7-20-17)24-8-5-12(11-24)2-1-9-25/h3-4,6-7,10,12,25H,1-2,5,8-9,11H2,(H,20,22)(H2,19,21,23)/t12-/m0/s1. The van der Waals surface area contributed by atoms with E-state index in [0.29, 0.717) is 5.92 Å². The summed E-state index contributed by atoms with van der Waals surface area (Å²) in [7, 11) is 0. The average Bonchev–Trinajstić information content (AvgIpc) is 3.27. The Labute approximate surface area is 145 Å². The van der Waals surface area contributed by atoms with Gasteiger partial charge in [0.25, 0.3) is 0 Å². The van der Waals surface area contributed by atoms with Crippen molar-refractivity contribution in [1.82, 2.24) is 19.9 Å². The van der Waals surface area contributed by atoms with Gasteiger partial charge in [-0.3, -0.25) is 0 Å². The van der Waals surface area contributed by atoms with E-state index in [1.54, 1.807) is 6.20 Å². The number of aromatic amines is 1. The Morgan fingerprint density at radius 3 is 3.00 bits per heavy atom. The summed E-state index contributed by atoms with van der Waals surface area (Å²) in [6.07, 6.45) is 8.55. The molecule has 25 heavy (non-hydrogen) atoms. The monoisotopic (exact) mass is 338 g/mol. The van der Waals surface area contributed by atoms with E-state index < -0.39 is 0 Å². The first-order chi connectivity index (χ1) is 12.3. The van der Waals surface area contributed by atoms with E-state index in [0.717, 1.165) is 54.6 Å². The second-order valence-corrected chi connectivity index (χ2v) is 6.52. The molecule has 1 aliphatic heterocycles. The number of anilines is 2. The van der Waals surface area contributed by atoms with Crippen LogP contribution in [-0.4, -0.2) is 44.7 Å². The van der Waals surface area contributed by atoms with Crippen LogP contribution in [0.4, 0.5) is 11.6 Å². The number of hydrogen-bond acceptors (Lipinski definition) is 6. The molecule has 0 bridgehead atoms. The second-order valence-electron chi connectivity index (χ2n) is 6.52. The molecule has 0 saturated carbocycles. The molecule has 1 saturated heterocycles. The number of hydrogen-bond donors (Lipinski definition) is 3. The van der Waals surface area contributed by atoms with E-state index in [1.807, 2.05) is 18.5 Å². The highest BCUT2D eigenvalue weighted by Crippen LogP contribution is 2.36. The fourth-order valence-electron chi connectivity index (χ4n) is 3.70. The molecule has 7 nitrogen and oxygen atoms in total. The van der Waals surface area contributed by atoms with Gasteiger partial charge < -0.3 is 20.7 Å². The fourth-order valence-corrected chi connectivity index (χ4v) is 3.70. The number of nitrogens with zero attached hydrogens (tertiary/aromatic N) is 4. The largest absolute Gasteiger partial charge is 0.396 e. The summed E-state index contributed by atoms with van der Waals surface area (Å²) in [5.41, 5.74) is 9.56. The van der Waals surface area contributed by atoms with Gasteiger partial charge in [0, 0.05) is 49.5 Å². The Bertz CT molecular complexity index is 877. The van der Waals surface area contributed by atoms with Gasteiger partial charge in [0.1, 0.15) is 5.65 Å². The van der Waals surface area contributed by atoms with Crippen LogP contribution < -0.4 is 10.6 Å². The summed E-state index contributed by atoms with van der Waals surface area (Å²) >= 11 is 0. The summed E-state index contributed by atoms with van der Waals surface area (Å²) in [5, 5.41) is 10.1. The number of aromatic nitrogens is 4. The van der Waals surface area contributed by atoms with E-state index in [9.17, 15) is 0 Å². The summed E-state index contributed by atoms with van der Waals surface area (Å²) in [6, 6.07) is 3.93. The van der Waals surface area contributed by atoms with Crippen LogP contribution in [-0.2, 0) is 0 Å². The molecular formula is C18H22N6O. The molecule has 0 aromatic carbocycles. The second kappa shape index (κ2) is 6.68. The molecule has 7 heteroatoms. The summed E-state index contributed by atoms with van der Waals surface area (Å²) in [4.78, 5) is 18.5. The number of pyridine rings is 1. The van der Waals surface area contributed by atoms with Crippen molar-refractivity contribution in [3.8, 4) is 11.3 Å². The number of H-pyrrole nitrogens is 1. The molecular weight excluding hydrogens is 316 g/mol. The zero-order chi connectivity index (χ0) is 17.2. The number of nitrogens with one attached hydrogen (secondary N) is 1. The molecule has 3 aromatic heterocycles. The van der Waals surface area contributed by atoms with Crippen LogP contribution in [0, 0.1) is 5.92 Å². The third kappa shape index (κ3) is 3.02. The molecule has 0 aliphatic carbocycles. The van der Waals surface area contributed by atoms with Crippen LogP contribution in [0.15, 0.2) is 30.7 Å². The van der Waals surface area contributed by atoms with Gasteiger partial charge in [-0.15, -0.1) is 0 Å². The maximum absolute atomic E-state index is 9.06. The van der Waals surface area contributed by atoms with Crippen molar-refractivity contribution in [3.05, 3.63) is 30.7 Å². The third-order valence-electron chi connectivity index (χ3n) is 4.90. The van der Waals surface area contributed by atoms with Gasteiger partial charge in [0.2, 0.25) is 5.95 Å². The lowest BCUT2D eigenvalue weighted by Gasteiger charge is -2.20. The number of aliphatic hydroxyl groups excluding tert-OH is 1. The number of aliphatic hydroxyl groups is 1.